The van der Waals surface area contributed by atoms with Crippen molar-refractivity contribution in [1.29, 1.82) is 0 Å². The van der Waals surface area contributed by atoms with Gasteiger partial charge in [-0.3, -0.25) is 0 Å². The average molecular weight is 218 g/mol. The molecule has 0 nitrogen and oxygen atoms in total. The van der Waals surface area contributed by atoms with E-state index in [0.717, 1.165) is 22.7 Å². The van der Waals surface area contributed by atoms with Gasteiger partial charge >= 0.3 is 0 Å². The maximum atomic E-state index is 2.46. The summed E-state index contributed by atoms with van der Waals surface area (Å²) < 4.78 is 0. The van der Waals surface area contributed by atoms with Crippen molar-refractivity contribution in [3.63, 3.8) is 0 Å². The summed E-state index contributed by atoms with van der Waals surface area (Å²) in [7, 11) is 0. The predicted octanol–water partition coefficient (Wildman–Crippen LogP) is 4.64. The fourth-order valence-electron chi connectivity index (χ4n) is 5.82. The van der Waals surface area contributed by atoms with Crippen LogP contribution in [-0.4, -0.2) is 0 Å². The second-order valence-corrected chi connectivity index (χ2v) is 7.62. The Balaban J connectivity index is 1.46. The van der Waals surface area contributed by atoms with E-state index in [1.165, 1.54) is 18.3 Å². The zero-order valence-electron chi connectivity index (χ0n) is 11.0. The van der Waals surface area contributed by atoms with Crippen LogP contribution in [0.15, 0.2) is 0 Å². The van der Waals surface area contributed by atoms with Crippen molar-refractivity contribution < 1.29 is 0 Å². The summed E-state index contributed by atoms with van der Waals surface area (Å²) in [6.07, 6.45) is 12.6. The van der Waals surface area contributed by atoms with Gasteiger partial charge in [-0.2, -0.15) is 0 Å². The van der Waals surface area contributed by atoms with E-state index >= 15 is 0 Å². The third-order valence-electron chi connectivity index (χ3n) is 7.20. The van der Waals surface area contributed by atoms with Crippen molar-refractivity contribution in [3.8, 4) is 0 Å². The summed E-state index contributed by atoms with van der Waals surface area (Å²) in [6, 6.07) is 0. The van der Waals surface area contributed by atoms with Crippen molar-refractivity contribution in [1.82, 2.24) is 0 Å². The fraction of sp³-hybridized carbons (Fsp3) is 1.00. The minimum atomic E-state index is 0.925. The molecule has 16 heavy (non-hydrogen) atoms. The van der Waals surface area contributed by atoms with Gasteiger partial charge in [0.05, 0.1) is 0 Å². The Morgan fingerprint density at radius 1 is 1.19 bits per heavy atom. The van der Waals surface area contributed by atoms with Gasteiger partial charge in [-0.05, 0) is 79.4 Å². The number of rotatable bonds is 4. The Morgan fingerprint density at radius 2 is 2.06 bits per heavy atom. The lowest BCUT2D eigenvalue weighted by molar-refractivity contribution is 0.0569. The lowest BCUT2D eigenvalue weighted by Crippen LogP contribution is -2.35. The molecular formula is C16H26. The molecule has 0 bridgehead atoms. The zero-order valence-corrected chi connectivity index (χ0v) is 11.0. The Labute approximate surface area is 100 Å². The molecule has 6 atom stereocenters. The van der Waals surface area contributed by atoms with Gasteiger partial charge in [0.1, 0.15) is 0 Å². The van der Waals surface area contributed by atoms with Crippen LogP contribution in [0.4, 0.5) is 0 Å². The van der Waals surface area contributed by atoms with Gasteiger partial charge in [-0.15, -0.1) is 0 Å². The molecule has 0 aliphatic heterocycles. The van der Waals surface area contributed by atoms with Crippen LogP contribution in [0.25, 0.3) is 0 Å². The molecule has 4 aliphatic carbocycles. The second-order valence-electron chi connectivity index (χ2n) is 7.62. The van der Waals surface area contributed by atoms with Crippen LogP contribution in [0.2, 0.25) is 0 Å². The molecule has 0 aromatic rings. The smallest absolute Gasteiger partial charge is 0.0201 e. The highest BCUT2D eigenvalue weighted by atomic mass is 14.9. The minimum Gasteiger partial charge on any atom is -0.0651 e. The van der Waals surface area contributed by atoms with E-state index in [9.17, 15) is 0 Å². The highest BCUT2D eigenvalue weighted by molar-refractivity contribution is 5.33. The zero-order chi connectivity index (χ0) is 11.0. The van der Waals surface area contributed by atoms with E-state index in [4.69, 9.17) is 0 Å². The maximum Gasteiger partial charge on any atom is -0.0201 e. The molecule has 0 aromatic carbocycles. The minimum absolute atomic E-state index is 0.925. The van der Waals surface area contributed by atoms with Crippen LogP contribution in [0.1, 0.15) is 65.2 Å². The summed E-state index contributed by atoms with van der Waals surface area (Å²) in [4.78, 5) is 0. The van der Waals surface area contributed by atoms with Gasteiger partial charge in [-0.1, -0.05) is 20.3 Å². The normalized spacial score (nSPS) is 58.5. The summed E-state index contributed by atoms with van der Waals surface area (Å²) in [5, 5.41) is 0. The molecule has 0 heteroatoms. The monoisotopic (exact) mass is 218 g/mol. The summed E-state index contributed by atoms with van der Waals surface area (Å²) in [5.74, 6) is 4.50. The number of hydrogen-bond donors (Lipinski definition) is 0. The molecular weight excluding hydrogens is 192 g/mol. The van der Waals surface area contributed by atoms with Gasteiger partial charge in [0.2, 0.25) is 0 Å². The van der Waals surface area contributed by atoms with Gasteiger partial charge in [0.25, 0.3) is 0 Å². The van der Waals surface area contributed by atoms with E-state index in [0.29, 0.717) is 0 Å². The quantitative estimate of drug-likeness (QED) is 0.645. The highest BCUT2D eigenvalue weighted by Crippen LogP contribution is 2.92. The fourth-order valence-corrected chi connectivity index (χ4v) is 5.82. The van der Waals surface area contributed by atoms with Crippen LogP contribution in [0.5, 0.6) is 0 Å². The molecule has 4 rings (SSSR count). The Kier molecular flexibility index (Phi) is 1.79. The number of hydrogen-bond acceptors (Lipinski definition) is 0. The van der Waals surface area contributed by atoms with E-state index in [1.807, 2.05) is 0 Å². The van der Waals surface area contributed by atoms with Gasteiger partial charge in [-0.25, -0.2) is 0 Å². The van der Waals surface area contributed by atoms with Crippen LogP contribution in [0.3, 0.4) is 0 Å². The van der Waals surface area contributed by atoms with Crippen LogP contribution < -0.4 is 0 Å². The third kappa shape index (κ3) is 0.985. The van der Waals surface area contributed by atoms with E-state index in [1.54, 1.807) is 44.9 Å². The van der Waals surface area contributed by atoms with Crippen LogP contribution in [0, 0.1) is 34.5 Å². The first-order valence-electron chi connectivity index (χ1n) is 7.72. The first-order valence-corrected chi connectivity index (χ1v) is 7.72. The molecule has 0 N–H and O–H groups in total. The molecule has 90 valence electrons. The molecule has 4 aliphatic rings. The van der Waals surface area contributed by atoms with Crippen molar-refractivity contribution in [2.75, 3.05) is 0 Å². The SMILES string of the molecule is CC[C@H](C)C[C@H]1CC[C@H]1[C@@]12CC[C@H]3C[C@@]31C2. The third-order valence-corrected chi connectivity index (χ3v) is 7.20. The van der Waals surface area contributed by atoms with Crippen molar-refractivity contribution >= 4 is 0 Å². The highest BCUT2D eigenvalue weighted by Gasteiger charge is 2.84. The van der Waals surface area contributed by atoms with Gasteiger partial charge in [0.15, 0.2) is 0 Å². The average Bonchev–Trinajstić information content (AvgIpc) is 3.10. The van der Waals surface area contributed by atoms with Crippen LogP contribution in [-0.2, 0) is 0 Å². The lowest BCUT2D eigenvalue weighted by atomic mass is 9.61. The lowest BCUT2D eigenvalue weighted by Gasteiger charge is -2.44. The summed E-state index contributed by atoms with van der Waals surface area (Å²) in [5.41, 5.74) is 1.89. The largest absolute Gasteiger partial charge is 0.0651 e. The Hall–Kier alpha value is 0. The summed E-state index contributed by atoms with van der Waals surface area (Å²) in [6.45, 7) is 4.83. The van der Waals surface area contributed by atoms with Crippen molar-refractivity contribution in [3.05, 3.63) is 0 Å². The van der Waals surface area contributed by atoms with Gasteiger partial charge in [0, 0.05) is 0 Å². The topological polar surface area (TPSA) is 0 Å². The first-order chi connectivity index (χ1) is 7.72. The van der Waals surface area contributed by atoms with E-state index in [2.05, 4.69) is 13.8 Å². The maximum absolute atomic E-state index is 2.46. The molecule has 0 amide bonds. The second kappa shape index (κ2) is 2.87. The van der Waals surface area contributed by atoms with E-state index in [-0.39, 0.29) is 0 Å². The molecule has 0 aromatic heterocycles. The van der Waals surface area contributed by atoms with Crippen molar-refractivity contribution in [2.24, 2.45) is 34.5 Å². The molecule has 4 fully saturated rings. The molecule has 0 saturated heterocycles. The molecule has 4 saturated carbocycles. The standard InChI is InChI=1S/C16H26/c1-3-11(2)8-12-4-5-14(12)15-7-6-13-9-16(13,15)10-15/h11-14H,3-10H2,1-2H3/t11-,12+,13-,14+,15-,16+/m0/s1. The van der Waals surface area contributed by atoms with Crippen molar-refractivity contribution in [2.45, 2.75) is 65.2 Å². The first kappa shape index (κ1) is 9.97. The Morgan fingerprint density at radius 3 is 2.50 bits per heavy atom. The van der Waals surface area contributed by atoms with Crippen LogP contribution >= 0.6 is 0 Å². The van der Waals surface area contributed by atoms with Gasteiger partial charge < -0.3 is 0 Å². The molecule has 0 unspecified atom stereocenters. The predicted molar refractivity (Wildman–Crippen MR) is 67.1 cm³/mol. The molecule has 0 heterocycles. The molecule has 0 radical (unpaired) electrons. The van der Waals surface area contributed by atoms with E-state index < -0.39 is 0 Å². The molecule has 1 spiro atoms. The summed E-state index contributed by atoms with van der Waals surface area (Å²) >= 11 is 0. The Bertz CT molecular complexity index is 314.